The van der Waals surface area contributed by atoms with Crippen LogP contribution in [0, 0.1) is 5.92 Å². The Bertz CT molecular complexity index is 182. The molecule has 0 spiro atoms. The maximum Gasteiger partial charge on any atom is 0.222 e. The zero-order valence-corrected chi connectivity index (χ0v) is 9.09. The van der Waals surface area contributed by atoms with Gasteiger partial charge in [0, 0.05) is 6.04 Å². The number of hydrogen-bond donors (Lipinski definition) is 2. The van der Waals surface area contributed by atoms with E-state index >= 15 is 0 Å². The lowest BCUT2D eigenvalue weighted by Gasteiger charge is -2.30. The second-order valence-electron chi connectivity index (χ2n) is 4.21. The predicted octanol–water partition coefficient (Wildman–Crippen LogP) is 1.42. The highest BCUT2D eigenvalue weighted by molar-refractivity contribution is 5.77. The minimum Gasteiger partial charge on any atom is -0.369 e. The minimum absolute atomic E-state index is 0.0700. The van der Waals surface area contributed by atoms with Crippen LogP contribution in [0.3, 0.4) is 0 Å². The van der Waals surface area contributed by atoms with Crippen LogP contribution in [-0.4, -0.2) is 18.5 Å². The fourth-order valence-corrected chi connectivity index (χ4v) is 2.21. The van der Waals surface area contributed by atoms with Gasteiger partial charge in [-0.05, 0) is 25.8 Å². The monoisotopic (exact) mass is 198 g/mol. The van der Waals surface area contributed by atoms with Gasteiger partial charge in [-0.25, -0.2) is 0 Å². The highest BCUT2D eigenvalue weighted by atomic mass is 16.1. The van der Waals surface area contributed by atoms with E-state index in [1.54, 1.807) is 0 Å². The average molecular weight is 198 g/mol. The van der Waals surface area contributed by atoms with Crippen LogP contribution in [0.15, 0.2) is 0 Å². The summed E-state index contributed by atoms with van der Waals surface area (Å²) in [5.41, 5.74) is 5.38. The SMILES string of the molecule is CCCCCC1NCCCC1C(N)=O. The van der Waals surface area contributed by atoms with Crippen LogP contribution < -0.4 is 11.1 Å². The maximum absolute atomic E-state index is 11.2. The summed E-state index contributed by atoms with van der Waals surface area (Å²) < 4.78 is 0. The predicted molar refractivity (Wildman–Crippen MR) is 57.9 cm³/mol. The number of hydrogen-bond acceptors (Lipinski definition) is 2. The lowest BCUT2D eigenvalue weighted by atomic mass is 9.87. The van der Waals surface area contributed by atoms with E-state index in [1.165, 1.54) is 19.3 Å². The fourth-order valence-electron chi connectivity index (χ4n) is 2.21. The number of nitrogens with two attached hydrogens (primary N) is 1. The molecule has 0 saturated carbocycles. The maximum atomic E-state index is 11.2. The molecule has 1 aliphatic heterocycles. The van der Waals surface area contributed by atoms with Crippen molar-refractivity contribution in [3.8, 4) is 0 Å². The number of unbranched alkanes of at least 4 members (excludes halogenated alkanes) is 2. The summed E-state index contributed by atoms with van der Waals surface area (Å²) in [6.45, 7) is 3.24. The van der Waals surface area contributed by atoms with Gasteiger partial charge in [0.15, 0.2) is 0 Å². The van der Waals surface area contributed by atoms with Crippen molar-refractivity contribution in [1.29, 1.82) is 0 Å². The van der Waals surface area contributed by atoms with E-state index in [2.05, 4.69) is 12.2 Å². The summed E-state index contributed by atoms with van der Waals surface area (Å²) in [6, 6.07) is 0.341. The summed E-state index contributed by atoms with van der Waals surface area (Å²) in [5.74, 6) is -0.0562. The van der Waals surface area contributed by atoms with Crippen molar-refractivity contribution in [2.24, 2.45) is 11.7 Å². The van der Waals surface area contributed by atoms with E-state index in [0.717, 1.165) is 25.8 Å². The van der Waals surface area contributed by atoms with E-state index in [1.807, 2.05) is 0 Å². The van der Waals surface area contributed by atoms with Crippen molar-refractivity contribution in [3.05, 3.63) is 0 Å². The Hall–Kier alpha value is -0.570. The van der Waals surface area contributed by atoms with Gasteiger partial charge in [0.05, 0.1) is 5.92 Å². The number of nitrogens with one attached hydrogen (secondary N) is 1. The molecule has 2 atom stereocenters. The van der Waals surface area contributed by atoms with Crippen molar-refractivity contribution < 1.29 is 4.79 Å². The van der Waals surface area contributed by atoms with E-state index in [4.69, 9.17) is 5.73 Å². The molecule has 1 aliphatic rings. The van der Waals surface area contributed by atoms with Crippen molar-refractivity contribution in [1.82, 2.24) is 5.32 Å². The zero-order chi connectivity index (χ0) is 10.4. The van der Waals surface area contributed by atoms with Gasteiger partial charge in [0.25, 0.3) is 0 Å². The summed E-state index contributed by atoms with van der Waals surface area (Å²) >= 11 is 0. The number of carbonyl (C=O) groups is 1. The number of amides is 1. The molecule has 1 fully saturated rings. The molecule has 0 radical (unpaired) electrons. The normalized spacial score (nSPS) is 27.5. The Morgan fingerprint density at radius 1 is 1.50 bits per heavy atom. The van der Waals surface area contributed by atoms with Crippen LogP contribution in [-0.2, 0) is 4.79 Å². The molecule has 14 heavy (non-hydrogen) atoms. The average Bonchev–Trinajstić information content (AvgIpc) is 2.19. The highest BCUT2D eigenvalue weighted by Crippen LogP contribution is 2.20. The van der Waals surface area contributed by atoms with Crippen LogP contribution in [0.5, 0.6) is 0 Å². The third-order valence-corrected chi connectivity index (χ3v) is 3.07. The van der Waals surface area contributed by atoms with Crippen LogP contribution in [0.4, 0.5) is 0 Å². The van der Waals surface area contributed by atoms with Gasteiger partial charge in [0.1, 0.15) is 0 Å². The first kappa shape index (κ1) is 11.5. The largest absolute Gasteiger partial charge is 0.369 e. The Balaban J connectivity index is 2.34. The van der Waals surface area contributed by atoms with E-state index in [0.29, 0.717) is 6.04 Å². The first-order valence-electron chi connectivity index (χ1n) is 5.78. The van der Waals surface area contributed by atoms with Crippen molar-refractivity contribution in [2.75, 3.05) is 6.54 Å². The zero-order valence-electron chi connectivity index (χ0n) is 9.09. The molecule has 1 saturated heterocycles. The van der Waals surface area contributed by atoms with Crippen molar-refractivity contribution >= 4 is 5.91 Å². The molecule has 0 aliphatic carbocycles. The molecule has 82 valence electrons. The molecular formula is C11H22N2O. The van der Waals surface area contributed by atoms with Crippen LogP contribution >= 0.6 is 0 Å². The second-order valence-corrected chi connectivity index (χ2v) is 4.21. The molecule has 2 unspecified atom stereocenters. The van der Waals surface area contributed by atoms with Gasteiger partial charge < -0.3 is 11.1 Å². The molecule has 1 amide bonds. The van der Waals surface area contributed by atoms with Crippen LogP contribution in [0.25, 0.3) is 0 Å². The second kappa shape index (κ2) is 6.02. The van der Waals surface area contributed by atoms with Gasteiger partial charge in [-0.1, -0.05) is 26.2 Å². The van der Waals surface area contributed by atoms with Crippen LogP contribution in [0.2, 0.25) is 0 Å². The number of carbonyl (C=O) groups excluding carboxylic acids is 1. The summed E-state index contributed by atoms with van der Waals surface area (Å²) in [7, 11) is 0. The number of rotatable bonds is 5. The highest BCUT2D eigenvalue weighted by Gasteiger charge is 2.28. The molecule has 3 N–H and O–H groups in total. The molecule has 1 rings (SSSR count). The van der Waals surface area contributed by atoms with Gasteiger partial charge in [-0.2, -0.15) is 0 Å². The Morgan fingerprint density at radius 2 is 2.29 bits per heavy atom. The van der Waals surface area contributed by atoms with Gasteiger partial charge in [-0.15, -0.1) is 0 Å². The van der Waals surface area contributed by atoms with Gasteiger partial charge >= 0.3 is 0 Å². The summed E-state index contributed by atoms with van der Waals surface area (Å²) in [5, 5.41) is 3.41. The summed E-state index contributed by atoms with van der Waals surface area (Å²) in [4.78, 5) is 11.2. The summed E-state index contributed by atoms with van der Waals surface area (Å²) in [6.07, 6.45) is 6.84. The Labute approximate surface area is 86.4 Å². The quantitative estimate of drug-likeness (QED) is 0.656. The van der Waals surface area contributed by atoms with Crippen molar-refractivity contribution in [3.63, 3.8) is 0 Å². The number of primary amides is 1. The molecule has 0 aromatic rings. The van der Waals surface area contributed by atoms with Crippen molar-refractivity contribution in [2.45, 2.75) is 51.5 Å². The fraction of sp³-hybridized carbons (Fsp3) is 0.909. The molecule has 1 heterocycles. The Kier molecular flexibility index (Phi) is 4.94. The third kappa shape index (κ3) is 3.29. The molecule has 3 heteroatoms. The lowest BCUT2D eigenvalue weighted by Crippen LogP contribution is -2.46. The van der Waals surface area contributed by atoms with Gasteiger partial charge in [0.2, 0.25) is 5.91 Å². The molecular weight excluding hydrogens is 176 g/mol. The standard InChI is InChI=1S/C11H22N2O/c1-2-3-4-7-10-9(11(12)14)6-5-8-13-10/h9-10,13H,2-8H2,1H3,(H2,12,14). The Morgan fingerprint density at radius 3 is 2.93 bits per heavy atom. The molecule has 0 aromatic heterocycles. The topological polar surface area (TPSA) is 55.1 Å². The van der Waals surface area contributed by atoms with E-state index in [9.17, 15) is 4.79 Å². The van der Waals surface area contributed by atoms with Gasteiger partial charge in [-0.3, -0.25) is 4.79 Å². The first-order valence-corrected chi connectivity index (χ1v) is 5.78. The molecule has 3 nitrogen and oxygen atoms in total. The molecule has 0 bridgehead atoms. The third-order valence-electron chi connectivity index (χ3n) is 3.07. The van der Waals surface area contributed by atoms with E-state index < -0.39 is 0 Å². The number of piperidine rings is 1. The smallest absolute Gasteiger partial charge is 0.222 e. The minimum atomic E-state index is -0.126. The van der Waals surface area contributed by atoms with Crippen LogP contribution in [0.1, 0.15) is 45.4 Å². The molecule has 0 aromatic carbocycles. The lowest BCUT2D eigenvalue weighted by molar-refractivity contribution is -0.123. The van der Waals surface area contributed by atoms with E-state index in [-0.39, 0.29) is 11.8 Å². The first-order chi connectivity index (χ1) is 6.75.